The second-order valence-electron chi connectivity index (χ2n) is 6.84. The minimum Gasteiger partial charge on any atom is -0.508 e. The molecule has 1 heterocycles. The van der Waals surface area contributed by atoms with E-state index >= 15 is 0 Å². The van der Waals surface area contributed by atoms with Gasteiger partial charge in [-0.15, -0.1) is 0 Å². The van der Waals surface area contributed by atoms with E-state index in [0.717, 1.165) is 17.5 Å². The Labute approximate surface area is 135 Å². The number of phenols is 1. The molecule has 2 saturated carbocycles. The lowest BCUT2D eigenvalue weighted by Crippen LogP contribution is -2.32. The van der Waals surface area contributed by atoms with E-state index in [4.69, 9.17) is 0 Å². The molecule has 23 heavy (non-hydrogen) atoms. The summed E-state index contributed by atoms with van der Waals surface area (Å²) < 4.78 is 0. The summed E-state index contributed by atoms with van der Waals surface area (Å²) in [6.07, 6.45) is 7.05. The van der Waals surface area contributed by atoms with Crippen molar-refractivity contribution in [2.24, 2.45) is 11.3 Å². The zero-order valence-corrected chi connectivity index (χ0v) is 13.0. The van der Waals surface area contributed by atoms with Crippen LogP contribution in [0.4, 0.5) is 0 Å². The van der Waals surface area contributed by atoms with Crippen LogP contribution in [0.3, 0.4) is 0 Å². The third kappa shape index (κ3) is 2.93. The van der Waals surface area contributed by atoms with E-state index in [-0.39, 0.29) is 17.6 Å². The maximum atomic E-state index is 12.9. The van der Waals surface area contributed by atoms with E-state index in [0.29, 0.717) is 18.5 Å². The highest BCUT2D eigenvalue weighted by Gasteiger charge is 2.66. The Morgan fingerprint density at radius 1 is 1.17 bits per heavy atom. The third-order valence-electron chi connectivity index (χ3n) is 5.10. The number of carbonyl (C=O) groups excluding carboxylic acids is 1. The summed E-state index contributed by atoms with van der Waals surface area (Å²) in [6, 6.07) is 11.0. The first-order valence-corrected chi connectivity index (χ1v) is 8.12. The molecule has 2 aliphatic carbocycles. The first kappa shape index (κ1) is 14.2. The largest absolute Gasteiger partial charge is 0.508 e. The van der Waals surface area contributed by atoms with Gasteiger partial charge in [0.2, 0.25) is 5.91 Å². The summed E-state index contributed by atoms with van der Waals surface area (Å²) >= 11 is 0. The predicted octanol–water partition coefficient (Wildman–Crippen LogP) is 3.12. The topological polar surface area (TPSA) is 53.4 Å². The van der Waals surface area contributed by atoms with Gasteiger partial charge in [-0.1, -0.05) is 18.2 Å². The Morgan fingerprint density at radius 3 is 2.52 bits per heavy atom. The summed E-state index contributed by atoms with van der Waals surface area (Å²) in [5.74, 6) is 0.730. The summed E-state index contributed by atoms with van der Waals surface area (Å²) in [6.45, 7) is 1.15. The fourth-order valence-corrected chi connectivity index (χ4v) is 3.38. The number of phenolic OH excluding ortho intramolecular Hbond substituents is 1. The Hall–Kier alpha value is -2.36. The lowest BCUT2D eigenvalue weighted by atomic mass is 10.1. The molecule has 0 radical (unpaired) electrons. The van der Waals surface area contributed by atoms with Gasteiger partial charge in [-0.3, -0.25) is 9.78 Å². The van der Waals surface area contributed by atoms with Crippen molar-refractivity contribution in [1.82, 2.24) is 9.88 Å². The lowest BCUT2D eigenvalue weighted by Gasteiger charge is -2.23. The molecule has 4 rings (SSSR count). The van der Waals surface area contributed by atoms with Crippen LogP contribution < -0.4 is 0 Å². The minimum absolute atomic E-state index is 0.219. The average Bonchev–Trinajstić information content (AvgIpc) is 3.49. The highest BCUT2D eigenvalue weighted by atomic mass is 16.3. The van der Waals surface area contributed by atoms with Crippen LogP contribution in [0, 0.1) is 11.3 Å². The van der Waals surface area contributed by atoms with Gasteiger partial charge in [-0.05, 0) is 54.0 Å². The van der Waals surface area contributed by atoms with Crippen molar-refractivity contribution in [1.29, 1.82) is 0 Å². The van der Waals surface area contributed by atoms with Crippen LogP contribution in [0.15, 0.2) is 48.8 Å². The van der Waals surface area contributed by atoms with Crippen molar-refractivity contribution in [3.63, 3.8) is 0 Å². The van der Waals surface area contributed by atoms with Gasteiger partial charge in [0, 0.05) is 31.4 Å². The van der Waals surface area contributed by atoms with Crippen LogP contribution in [0.2, 0.25) is 0 Å². The van der Waals surface area contributed by atoms with Gasteiger partial charge in [-0.2, -0.15) is 0 Å². The van der Waals surface area contributed by atoms with Crippen LogP contribution >= 0.6 is 0 Å². The highest BCUT2D eigenvalue weighted by Crippen LogP contribution is 2.71. The van der Waals surface area contributed by atoms with Gasteiger partial charge in [0.25, 0.3) is 0 Å². The van der Waals surface area contributed by atoms with E-state index in [9.17, 15) is 9.90 Å². The number of hydrogen-bond donors (Lipinski definition) is 1. The molecular formula is C19H20N2O2. The summed E-state index contributed by atoms with van der Waals surface area (Å²) in [5.41, 5.74) is 2.44. The Bertz CT molecular complexity index is 708. The molecule has 4 heteroatoms. The lowest BCUT2D eigenvalue weighted by molar-refractivity contribution is -0.134. The summed E-state index contributed by atoms with van der Waals surface area (Å²) in [5, 5.41) is 9.42. The number of hydrogen-bond acceptors (Lipinski definition) is 3. The number of aromatic nitrogens is 1. The molecule has 1 aromatic heterocycles. The van der Waals surface area contributed by atoms with Crippen LogP contribution in [-0.2, 0) is 17.9 Å². The Balaban J connectivity index is 1.52. The molecule has 0 unspecified atom stereocenters. The molecule has 1 atom stereocenters. The molecule has 1 amide bonds. The van der Waals surface area contributed by atoms with Gasteiger partial charge in [-0.25, -0.2) is 0 Å². The Kier molecular flexibility index (Phi) is 3.33. The predicted molar refractivity (Wildman–Crippen MR) is 86.4 cm³/mol. The van der Waals surface area contributed by atoms with Crippen LogP contribution in [-0.4, -0.2) is 20.9 Å². The quantitative estimate of drug-likeness (QED) is 0.923. The smallest absolute Gasteiger partial charge is 0.226 e. The summed E-state index contributed by atoms with van der Waals surface area (Å²) in [7, 11) is 0. The fraction of sp³-hybridized carbons (Fsp3) is 0.368. The molecule has 2 fully saturated rings. The van der Waals surface area contributed by atoms with Gasteiger partial charge in [0.15, 0.2) is 0 Å². The first-order valence-electron chi connectivity index (χ1n) is 8.12. The van der Waals surface area contributed by atoms with Gasteiger partial charge in [0.1, 0.15) is 5.75 Å². The van der Waals surface area contributed by atoms with Gasteiger partial charge >= 0.3 is 0 Å². The van der Waals surface area contributed by atoms with E-state index in [2.05, 4.69) is 4.98 Å². The van der Waals surface area contributed by atoms with E-state index in [1.54, 1.807) is 18.3 Å². The SMILES string of the molecule is O=C([C@H]1CC12CC2)N(Cc1ccc(O)cc1)Cc1cccnc1. The number of pyridine rings is 1. The maximum Gasteiger partial charge on any atom is 0.226 e. The van der Waals surface area contributed by atoms with Crippen molar-refractivity contribution in [2.75, 3.05) is 0 Å². The van der Waals surface area contributed by atoms with Crippen LogP contribution in [0.25, 0.3) is 0 Å². The van der Waals surface area contributed by atoms with Crippen LogP contribution in [0.5, 0.6) is 5.75 Å². The molecule has 0 aliphatic heterocycles. The molecule has 118 valence electrons. The monoisotopic (exact) mass is 308 g/mol. The van der Waals surface area contributed by atoms with Gasteiger partial charge < -0.3 is 10.0 Å². The molecule has 2 aromatic rings. The number of benzene rings is 1. The van der Waals surface area contributed by atoms with E-state index in [1.807, 2.05) is 35.4 Å². The molecule has 1 N–H and O–H groups in total. The molecule has 0 saturated heterocycles. The van der Waals surface area contributed by atoms with Crippen molar-refractivity contribution < 1.29 is 9.90 Å². The third-order valence-corrected chi connectivity index (χ3v) is 5.10. The molecule has 2 aliphatic rings. The van der Waals surface area contributed by atoms with Crippen molar-refractivity contribution >= 4 is 5.91 Å². The molecule has 0 bridgehead atoms. The van der Waals surface area contributed by atoms with Crippen molar-refractivity contribution in [3.05, 3.63) is 59.9 Å². The number of amides is 1. The Morgan fingerprint density at radius 2 is 1.91 bits per heavy atom. The zero-order valence-electron chi connectivity index (χ0n) is 13.0. The van der Waals surface area contributed by atoms with Crippen molar-refractivity contribution in [3.8, 4) is 5.75 Å². The van der Waals surface area contributed by atoms with E-state index in [1.165, 1.54) is 12.8 Å². The standard InChI is InChI=1S/C19H20N2O2/c22-16-5-3-14(4-6-16)12-21(13-15-2-1-9-20-11-15)18(23)17-10-19(17)7-8-19/h1-6,9,11,17,22H,7-8,10,12-13H2/t17-/m1/s1. The molecule has 1 aromatic carbocycles. The maximum absolute atomic E-state index is 12.9. The summed E-state index contributed by atoms with van der Waals surface area (Å²) in [4.78, 5) is 19.0. The number of rotatable bonds is 5. The molecular weight excluding hydrogens is 288 g/mol. The highest BCUT2D eigenvalue weighted by molar-refractivity contribution is 5.83. The van der Waals surface area contributed by atoms with Gasteiger partial charge in [0.05, 0.1) is 0 Å². The number of nitrogens with zero attached hydrogens (tertiary/aromatic N) is 2. The van der Waals surface area contributed by atoms with Crippen molar-refractivity contribution in [2.45, 2.75) is 32.4 Å². The second kappa shape index (κ2) is 5.37. The molecule has 1 spiro atoms. The molecule has 4 nitrogen and oxygen atoms in total. The number of aromatic hydroxyl groups is 1. The van der Waals surface area contributed by atoms with Crippen LogP contribution in [0.1, 0.15) is 30.4 Å². The second-order valence-corrected chi connectivity index (χ2v) is 6.84. The zero-order chi connectivity index (χ0) is 15.9. The first-order chi connectivity index (χ1) is 11.2. The number of carbonyl (C=O) groups is 1. The van der Waals surface area contributed by atoms with E-state index < -0.39 is 0 Å². The minimum atomic E-state index is 0.219. The average molecular weight is 308 g/mol. The fourth-order valence-electron chi connectivity index (χ4n) is 3.38. The normalized spacial score (nSPS) is 20.3.